The van der Waals surface area contributed by atoms with Crippen LogP contribution < -0.4 is 10.5 Å². The van der Waals surface area contributed by atoms with Crippen LogP contribution in [0.5, 0.6) is 5.75 Å². The number of sulfonamides is 1. The van der Waals surface area contributed by atoms with Gasteiger partial charge in [-0.15, -0.1) is 0 Å². The third-order valence-electron chi connectivity index (χ3n) is 4.37. The Morgan fingerprint density at radius 2 is 2.05 bits per heavy atom. The molecule has 2 N–H and O–H groups in total. The first-order chi connectivity index (χ1) is 10.3. The molecule has 1 aromatic rings. The van der Waals surface area contributed by atoms with E-state index < -0.39 is 10.0 Å². The van der Waals surface area contributed by atoms with Crippen molar-refractivity contribution in [2.45, 2.75) is 44.6 Å². The van der Waals surface area contributed by atoms with Crippen LogP contribution in [-0.2, 0) is 10.0 Å². The summed E-state index contributed by atoms with van der Waals surface area (Å²) in [6.45, 7) is 6.73. The number of hydrogen-bond donors (Lipinski definition) is 1. The molecule has 1 heterocycles. The van der Waals surface area contributed by atoms with Gasteiger partial charge in [-0.1, -0.05) is 6.07 Å². The summed E-state index contributed by atoms with van der Waals surface area (Å²) < 4.78 is 33.0. The number of methoxy groups -OCH3 is 1. The van der Waals surface area contributed by atoms with E-state index in [0.717, 1.165) is 24.0 Å². The molecule has 0 aliphatic carbocycles. The number of piperidine rings is 1. The van der Waals surface area contributed by atoms with Crippen LogP contribution >= 0.6 is 0 Å². The fourth-order valence-corrected chi connectivity index (χ4v) is 4.98. The molecule has 0 radical (unpaired) electrons. The van der Waals surface area contributed by atoms with Crippen LogP contribution in [0.15, 0.2) is 17.0 Å². The summed E-state index contributed by atoms with van der Waals surface area (Å²) >= 11 is 0. The summed E-state index contributed by atoms with van der Waals surface area (Å²) in [5.74, 6) is 0.647. The fraction of sp³-hybridized carbons (Fsp3) is 0.625. The maximum Gasteiger partial charge on any atom is 0.246 e. The van der Waals surface area contributed by atoms with Crippen molar-refractivity contribution >= 4 is 10.0 Å². The predicted octanol–water partition coefficient (Wildman–Crippen LogP) is 2.06. The van der Waals surface area contributed by atoms with E-state index in [1.807, 2.05) is 26.8 Å². The van der Waals surface area contributed by atoms with Crippen molar-refractivity contribution in [2.24, 2.45) is 11.7 Å². The van der Waals surface area contributed by atoms with Gasteiger partial charge >= 0.3 is 0 Å². The van der Waals surface area contributed by atoms with Crippen molar-refractivity contribution in [3.63, 3.8) is 0 Å². The second-order valence-electron chi connectivity index (χ2n) is 6.24. The van der Waals surface area contributed by atoms with Crippen molar-refractivity contribution in [1.82, 2.24) is 4.31 Å². The molecule has 1 saturated heterocycles. The molecule has 2 atom stereocenters. The van der Waals surface area contributed by atoms with Crippen LogP contribution in [0, 0.1) is 19.8 Å². The number of rotatable bonds is 4. The number of benzene rings is 1. The number of hydrogen-bond acceptors (Lipinski definition) is 4. The van der Waals surface area contributed by atoms with Gasteiger partial charge in [0.15, 0.2) is 0 Å². The average molecular weight is 326 g/mol. The third kappa shape index (κ3) is 3.29. The highest BCUT2D eigenvalue weighted by Crippen LogP contribution is 2.33. The molecular formula is C16H26N2O3S. The molecule has 1 fully saturated rings. The van der Waals surface area contributed by atoms with E-state index in [9.17, 15) is 8.42 Å². The maximum absolute atomic E-state index is 13.0. The second-order valence-corrected chi connectivity index (χ2v) is 8.14. The molecule has 0 amide bonds. The quantitative estimate of drug-likeness (QED) is 0.919. The monoisotopic (exact) mass is 326 g/mol. The summed E-state index contributed by atoms with van der Waals surface area (Å²) in [6.07, 6.45) is 1.83. The van der Waals surface area contributed by atoms with E-state index in [4.69, 9.17) is 10.5 Å². The highest BCUT2D eigenvalue weighted by Gasteiger charge is 2.33. The first kappa shape index (κ1) is 17.2. The van der Waals surface area contributed by atoms with Crippen molar-refractivity contribution in [2.75, 3.05) is 20.2 Å². The minimum atomic E-state index is -3.56. The van der Waals surface area contributed by atoms with Crippen LogP contribution in [-0.4, -0.2) is 39.0 Å². The van der Waals surface area contributed by atoms with Crippen molar-refractivity contribution in [3.05, 3.63) is 23.3 Å². The lowest BCUT2D eigenvalue weighted by molar-refractivity contribution is 0.242. The van der Waals surface area contributed by atoms with Crippen LogP contribution in [0.3, 0.4) is 0 Å². The van der Waals surface area contributed by atoms with Gasteiger partial charge in [-0.25, -0.2) is 8.42 Å². The Balaban J connectivity index is 2.42. The van der Waals surface area contributed by atoms with Crippen LogP contribution in [0.25, 0.3) is 0 Å². The lowest BCUT2D eigenvalue weighted by atomic mass is 9.93. The molecule has 0 aromatic heterocycles. The molecule has 0 spiro atoms. The number of ether oxygens (including phenoxy) is 1. The Kier molecular flexibility index (Phi) is 5.14. The van der Waals surface area contributed by atoms with Gasteiger partial charge in [0.05, 0.1) is 7.11 Å². The molecule has 1 aliphatic heterocycles. The standard InChI is InChI=1S/C16H26N2O3S/c1-11-8-12(2)16(21-4)15(9-11)22(19,20)18-7-5-6-14(10-18)13(3)17/h8-9,13-14H,5-7,10,17H2,1-4H3. The molecule has 22 heavy (non-hydrogen) atoms. The molecule has 6 heteroatoms. The molecule has 124 valence electrons. The van der Waals surface area contributed by atoms with E-state index in [2.05, 4.69) is 0 Å². The van der Waals surface area contributed by atoms with E-state index in [1.165, 1.54) is 7.11 Å². The van der Waals surface area contributed by atoms with Crippen LogP contribution in [0.4, 0.5) is 0 Å². The van der Waals surface area contributed by atoms with Gasteiger partial charge in [-0.3, -0.25) is 0 Å². The zero-order valence-corrected chi connectivity index (χ0v) is 14.6. The van der Waals surface area contributed by atoms with E-state index in [1.54, 1.807) is 10.4 Å². The first-order valence-corrected chi connectivity index (χ1v) is 9.12. The molecule has 5 nitrogen and oxygen atoms in total. The highest BCUT2D eigenvalue weighted by molar-refractivity contribution is 7.89. The van der Waals surface area contributed by atoms with Crippen molar-refractivity contribution in [3.8, 4) is 5.75 Å². The Bertz CT molecular complexity index is 641. The average Bonchev–Trinajstić information content (AvgIpc) is 2.46. The largest absolute Gasteiger partial charge is 0.495 e. The molecule has 1 aromatic carbocycles. The van der Waals surface area contributed by atoms with Gasteiger partial charge in [0.25, 0.3) is 0 Å². The van der Waals surface area contributed by atoms with Gasteiger partial charge in [0.2, 0.25) is 10.0 Å². The minimum absolute atomic E-state index is 0.000795. The molecular weight excluding hydrogens is 300 g/mol. The lowest BCUT2D eigenvalue weighted by Gasteiger charge is -2.34. The summed E-state index contributed by atoms with van der Waals surface area (Å²) in [5.41, 5.74) is 7.72. The summed E-state index contributed by atoms with van der Waals surface area (Å²) in [5, 5.41) is 0. The van der Waals surface area contributed by atoms with E-state index in [0.29, 0.717) is 18.8 Å². The van der Waals surface area contributed by atoms with E-state index >= 15 is 0 Å². The topological polar surface area (TPSA) is 72.6 Å². The molecule has 2 rings (SSSR count). The van der Waals surface area contributed by atoms with Crippen LogP contribution in [0.1, 0.15) is 30.9 Å². The fourth-order valence-electron chi connectivity index (χ4n) is 3.13. The summed E-state index contributed by atoms with van der Waals surface area (Å²) in [7, 11) is -2.05. The van der Waals surface area contributed by atoms with Gasteiger partial charge in [0, 0.05) is 19.1 Å². The first-order valence-electron chi connectivity index (χ1n) is 7.68. The van der Waals surface area contributed by atoms with Gasteiger partial charge in [-0.2, -0.15) is 4.31 Å². The molecule has 1 aliphatic rings. The summed E-state index contributed by atoms with van der Waals surface area (Å²) in [6, 6.07) is 3.62. The number of nitrogens with zero attached hydrogens (tertiary/aromatic N) is 1. The smallest absolute Gasteiger partial charge is 0.246 e. The molecule has 2 unspecified atom stereocenters. The second kappa shape index (κ2) is 6.56. The normalized spacial score (nSPS) is 21.6. The summed E-state index contributed by atoms with van der Waals surface area (Å²) in [4.78, 5) is 0.262. The molecule has 0 bridgehead atoms. The van der Waals surface area contributed by atoms with Crippen molar-refractivity contribution in [1.29, 1.82) is 0 Å². The van der Waals surface area contributed by atoms with E-state index in [-0.39, 0.29) is 16.9 Å². The Morgan fingerprint density at radius 3 is 2.64 bits per heavy atom. The zero-order valence-electron chi connectivity index (χ0n) is 13.8. The number of nitrogens with two attached hydrogens (primary N) is 1. The number of aryl methyl sites for hydroxylation is 2. The van der Waals surface area contributed by atoms with Crippen LogP contribution in [0.2, 0.25) is 0 Å². The SMILES string of the molecule is COc1c(C)cc(C)cc1S(=O)(=O)N1CCCC(C(C)N)C1. The van der Waals surface area contributed by atoms with Gasteiger partial charge in [0.1, 0.15) is 10.6 Å². The highest BCUT2D eigenvalue weighted by atomic mass is 32.2. The lowest BCUT2D eigenvalue weighted by Crippen LogP contribution is -2.45. The minimum Gasteiger partial charge on any atom is -0.495 e. The Hall–Kier alpha value is -1.11. The Morgan fingerprint density at radius 1 is 1.36 bits per heavy atom. The Labute approximate surface area is 133 Å². The van der Waals surface area contributed by atoms with Gasteiger partial charge < -0.3 is 10.5 Å². The zero-order chi connectivity index (χ0) is 16.5. The third-order valence-corrected chi connectivity index (χ3v) is 6.24. The maximum atomic E-state index is 13.0. The molecule has 0 saturated carbocycles. The van der Waals surface area contributed by atoms with Gasteiger partial charge in [-0.05, 0) is 56.7 Å². The predicted molar refractivity (Wildman–Crippen MR) is 87.6 cm³/mol. The van der Waals surface area contributed by atoms with Crippen molar-refractivity contribution < 1.29 is 13.2 Å².